The summed E-state index contributed by atoms with van der Waals surface area (Å²) in [6, 6.07) is 3.99. The second-order valence-electron chi connectivity index (χ2n) is 5.91. The van der Waals surface area contributed by atoms with Crippen LogP contribution in [-0.2, 0) is 17.9 Å². The van der Waals surface area contributed by atoms with Crippen molar-refractivity contribution in [2.75, 3.05) is 26.2 Å². The van der Waals surface area contributed by atoms with Crippen LogP contribution in [-0.4, -0.2) is 46.5 Å². The molecule has 0 radical (unpaired) electrons. The molecule has 1 aliphatic heterocycles. The summed E-state index contributed by atoms with van der Waals surface area (Å²) in [5.74, 6) is 0.131. The first-order valence-electron chi connectivity index (χ1n) is 7.92. The summed E-state index contributed by atoms with van der Waals surface area (Å²) in [6.07, 6.45) is 0.387. The van der Waals surface area contributed by atoms with Gasteiger partial charge in [0.2, 0.25) is 5.91 Å². The Morgan fingerprint density at radius 3 is 2.58 bits per heavy atom. The third-order valence-corrected chi connectivity index (χ3v) is 6.36. The SMILES string of the molecule is Cc1csc(=O)n1CCC(=O)N1CCN(Cc2ccc(Cl)s2)CC1. The van der Waals surface area contributed by atoms with E-state index in [-0.39, 0.29) is 10.8 Å². The summed E-state index contributed by atoms with van der Waals surface area (Å²) in [5.41, 5.74) is 0.928. The summed E-state index contributed by atoms with van der Waals surface area (Å²) >= 11 is 8.76. The molecule has 5 nitrogen and oxygen atoms in total. The zero-order valence-electron chi connectivity index (χ0n) is 13.5. The number of hydrogen-bond acceptors (Lipinski definition) is 5. The fraction of sp³-hybridized carbons (Fsp3) is 0.500. The van der Waals surface area contributed by atoms with E-state index in [0.717, 1.165) is 42.8 Å². The maximum Gasteiger partial charge on any atom is 0.307 e. The van der Waals surface area contributed by atoms with Crippen molar-refractivity contribution in [1.29, 1.82) is 0 Å². The van der Waals surface area contributed by atoms with Gasteiger partial charge in [0.05, 0.1) is 4.34 Å². The number of nitrogens with zero attached hydrogens (tertiary/aromatic N) is 3. The summed E-state index contributed by atoms with van der Waals surface area (Å²) in [7, 11) is 0. The molecule has 3 rings (SSSR count). The van der Waals surface area contributed by atoms with E-state index in [9.17, 15) is 9.59 Å². The van der Waals surface area contributed by atoms with Crippen LogP contribution in [0.1, 0.15) is 17.0 Å². The number of thiophene rings is 1. The van der Waals surface area contributed by atoms with Crippen LogP contribution < -0.4 is 4.87 Å². The lowest BCUT2D eigenvalue weighted by molar-refractivity contribution is -0.133. The molecule has 8 heteroatoms. The van der Waals surface area contributed by atoms with E-state index in [2.05, 4.69) is 11.0 Å². The van der Waals surface area contributed by atoms with Gasteiger partial charge in [0.15, 0.2) is 0 Å². The molecule has 0 aliphatic carbocycles. The molecule has 0 bridgehead atoms. The number of carbonyl (C=O) groups is 1. The van der Waals surface area contributed by atoms with Gasteiger partial charge in [-0.05, 0) is 19.1 Å². The zero-order valence-corrected chi connectivity index (χ0v) is 15.9. The predicted octanol–water partition coefficient (Wildman–Crippen LogP) is 2.67. The van der Waals surface area contributed by atoms with Crippen LogP contribution in [0, 0.1) is 6.92 Å². The highest BCUT2D eigenvalue weighted by Crippen LogP contribution is 2.23. The molecule has 1 fully saturated rings. The minimum absolute atomic E-state index is 0.0136. The van der Waals surface area contributed by atoms with Gasteiger partial charge in [-0.25, -0.2) is 0 Å². The van der Waals surface area contributed by atoms with Gasteiger partial charge in [0.1, 0.15) is 0 Å². The number of halogens is 1. The molecular formula is C16H20ClN3O2S2. The number of carbonyl (C=O) groups excluding carboxylic acids is 1. The molecule has 1 amide bonds. The van der Waals surface area contributed by atoms with E-state index < -0.39 is 0 Å². The van der Waals surface area contributed by atoms with E-state index >= 15 is 0 Å². The number of piperazine rings is 1. The van der Waals surface area contributed by atoms with E-state index in [4.69, 9.17) is 11.6 Å². The van der Waals surface area contributed by atoms with Crippen molar-refractivity contribution in [3.8, 4) is 0 Å². The molecule has 1 saturated heterocycles. The van der Waals surface area contributed by atoms with Crippen molar-refractivity contribution in [2.24, 2.45) is 0 Å². The largest absolute Gasteiger partial charge is 0.340 e. The van der Waals surface area contributed by atoms with E-state index in [1.165, 1.54) is 16.2 Å². The fourth-order valence-corrected chi connectivity index (χ4v) is 4.74. The first kappa shape index (κ1) is 17.7. The van der Waals surface area contributed by atoms with Gasteiger partial charge in [0, 0.05) is 61.6 Å². The van der Waals surface area contributed by atoms with Gasteiger partial charge >= 0.3 is 4.87 Å². The maximum atomic E-state index is 12.4. The maximum absolute atomic E-state index is 12.4. The Bertz CT molecular complexity index is 759. The molecule has 0 spiro atoms. The predicted molar refractivity (Wildman–Crippen MR) is 99.1 cm³/mol. The lowest BCUT2D eigenvalue weighted by Crippen LogP contribution is -2.48. The topological polar surface area (TPSA) is 45.6 Å². The van der Waals surface area contributed by atoms with Crippen molar-refractivity contribution in [1.82, 2.24) is 14.4 Å². The van der Waals surface area contributed by atoms with E-state index in [1.54, 1.807) is 15.9 Å². The van der Waals surface area contributed by atoms with Crippen molar-refractivity contribution in [2.45, 2.75) is 26.4 Å². The van der Waals surface area contributed by atoms with Crippen molar-refractivity contribution in [3.05, 3.63) is 42.1 Å². The molecule has 24 heavy (non-hydrogen) atoms. The van der Waals surface area contributed by atoms with Crippen LogP contribution in [0.15, 0.2) is 22.3 Å². The van der Waals surface area contributed by atoms with Gasteiger partial charge in [-0.2, -0.15) is 0 Å². The number of hydrogen-bond donors (Lipinski definition) is 0. The fourth-order valence-electron chi connectivity index (χ4n) is 2.85. The minimum atomic E-state index is 0.0136. The Kier molecular flexibility index (Phi) is 5.76. The second-order valence-corrected chi connectivity index (χ2v) is 8.53. The summed E-state index contributed by atoms with van der Waals surface area (Å²) in [5, 5.41) is 1.84. The van der Waals surface area contributed by atoms with E-state index in [0.29, 0.717) is 13.0 Å². The van der Waals surface area contributed by atoms with Crippen LogP contribution >= 0.6 is 34.3 Å². The number of rotatable bonds is 5. The molecule has 0 N–H and O–H groups in total. The molecule has 3 heterocycles. The van der Waals surface area contributed by atoms with Gasteiger partial charge < -0.3 is 9.47 Å². The summed E-state index contributed by atoms with van der Waals surface area (Å²) < 4.78 is 2.50. The van der Waals surface area contributed by atoms with Gasteiger partial charge in [-0.1, -0.05) is 22.9 Å². The third kappa shape index (κ3) is 4.27. The lowest BCUT2D eigenvalue weighted by Gasteiger charge is -2.34. The molecule has 0 unspecified atom stereocenters. The normalized spacial score (nSPS) is 15.8. The average molecular weight is 386 g/mol. The van der Waals surface area contributed by atoms with E-state index in [1.807, 2.05) is 23.3 Å². The van der Waals surface area contributed by atoms with Crippen LogP contribution in [0.2, 0.25) is 4.34 Å². The van der Waals surface area contributed by atoms with Crippen molar-refractivity contribution in [3.63, 3.8) is 0 Å². The van der Waals surface area contributed by atoms with Gasteiger partial charge in [-0.3, -0.25) is 14.5 Å². The smallest absolute Gasteiger partial charge is 0.307 e. The molecule has 0 atom stereocenters. The zero-order chi connectivity index (χ0) is 17.1. The van der Waals surface area contributed by atoms with Crippen LogP contribution in [0.3, 0.4) is 0 Å². The van der Waals surface area contributed by atoms with Crippen LogP contribution in [0.5, 0.6) is 0 Å². The second kappa shape index (κ2) is 7.82. The van der Waals surface area contributed by atoms with Crippen LogP contribution in [0.4, 0.5) is 0 Å². The van der Waals surface area contributed by atoms with Crippen molar-refractivity contribution >= 4 is 40.2 Å². The quantitative estimate of drug-likeness (QED) is 0.794. The number of aryl methyl sites for hydroxylation is 1. The molecular weight excluding hydrogens is 366 g/mol. The Morgan fingerprint density at radius 2 is 2.00 bits per heavy atom. The van der Waals surface area contributed by atoms with Gasteiger partial charge in [0.25, 0.3) is 0 Å². The molecule has 0 aromatic carbocycles. The minimum Gasteiger partial charge on any atom is -0.340 e. The first-order valence-corrected chi connectivity index (χ1v) is 9.99. The molecule has 2 aromatic heterocycles. The Labute approximate surface area is 154 Å². The standard InChI is InChI=1S/C16H20ClN3O2S2/c1-12-11-23-16(22)20(12)5-4-15(21)19-8-6-18(7-9-19)10-13-2-3-14(17)24-13/h2-3,11H,4-10H2,1H3. The molecule has 130 valence electrons. The summed E-state index contributed by atoms with van der Waals surface area (Å²) in [6.45, 7) is 6.50. The van der Waals surface area contributed by atoms with Gasteiger partial charge in [-0.15, -0.1) is 11.3 Å². The molecule has 2 aromatic rings. The summed E-state index contributed by atoms with van der Waals surface area (Å²) in [4.78, 5) is 29.6. The molecule has 1 aliphatic rings. The first-order chi connectivity index (χ1) is 11.5. The highest BCUT2D eigenvalue weighted by molar-refractivity contribution is 7.16. The Morgan fingerprint density at radius 1 is 1.25 bits per heavy atom. The highest BCUT2D eigenvalue weighted by Gasteiger charge is 2.21. The Balaban J connectivity index is 1.46. The number of thiazole rings is 1. The third-order valence-electron chi connectivity index (χ3n) is 4.26. The lowest BCUT2D eigenvalue weighted by atomic mass is 10.2. The van der Waals surface area contributed by atoms with Crippen LogP contribution in [0.25, 0.3) is 0 Å². The monoisotopic (exact) mass is 385 g/mol. The Hall–Kier alpha value is -1.15. The number of amides is 1. The number of aromatic nitrogens is 1. The highest BCUT2D eigenvalue weighted by atomic mass is 35.5. The average Bonchev–Trinajstić information content (AvgIpc) is 3.12. The molecule has 0 saturated carbocycles. The van der Waals surface area contributed by atoms with Crippen molar-refractivity contribution < 1.29 is 4.79 Å².